The van der Waals surface area contributed by atoms with Crippen LogP contribution in [0.5, 0.6) is 0 Å². The van der Waals surface area contributed by atoms with Crippen molar-refractivity contribution in [2.75, 3.05) is 5.73 Å². The third-order valence-corrected chi connectivity index (χ3v) is 3.69. The lowest BCUT2D eigenvalue weighted by Gasteiger charge is -2.06. The van der Waals surface area contributed by atoms with Gasteiger partial charge in [0.15, 0.2) is 11.5 Å². The van der Waals surface area contributed by atoms with Gasteiger partial charge in [0.2, 0.25) is 5.88 Å². The zero-order valence-electron chi connectivity index (χ0n) is 12.3. The van der Waals surface area contributed by atoms with Crippen molar-refractivity contribution in [1.29, 1.82) is 0 Å². The number of carbonyl (C=O) groups excluding carboxylic acids is 1. The molecule has 2 aromatic heterocycles. The molecule has 0 saturated heterocycles. The molecule has 3 rings (SSSR count). The van der Waals surface area contributed by atoms with Crippen LogP contribution in [0.3, 0.4) is 0 Å². The lowest BCUT2D eigenvalue weighted by Crippen LogP contribution is -2.24. The van der Waals surface area contributed by atoms with Gasteiger partial charge in [0, 0.05) is 11.6 Å². The van der Waals surface area contributed by atoms with Crippen molar-refractivity contribution in [2.24, 2.45) is 0 Å². The predicted octanol–water partition coefficient (Wildman–Crippen LogP) is 3.41. The number of rotatable bonds is 4. The summed E-state index contributed by atoms with van der Waals surface area (Å²) in [4.78, 5) is 12.4. The summed E-state index contributed by atoms with van der Waals surface area (Å²) in [7, 11) is 0. The fourth-order valence-electron chi connectivity index (χ4n) is 2.16. The van der Waals surface area contributed by atoms with Crippen LogP contribution in [0.4, 0.5) is 5.88 Å². The van der Waals surface area contributed by atoms with Gasteiger partial charge in [-0.15, -0.1) is 0 Å². The molecule has 0 aliphatic heterocycles. The van der Waals surface area contributed by atoms with Crippen molar-refractivity contribution in [2.45, 2.75) is 13.5 Å². The molecular formula is C16H14ClN3O3. The maximum atomic E-state index is 12.4. The molecule has 0 radical (unpaired) electrons. The molecule has 3 N–H and O–H groups in total. The van der Waals surface area contributed by atoms with Crippen molar-refractivity contribution >= 4 is 23.4 Å². The number of aryl methyl sites for hydroxylation is 1. The Hall–Kier alpha value is -2.73. The molecule has 0 unspecified atom stereocenters. The van der Waals surface area contributed by atoms with E-state index in [1.807, 2.05) is 18.2 Å². The fourth-order valence-corrected chi connectivity index (χ4v) is 2.36. The monoisotopic (exact) mass is 331 g/mol. The van der Waals surface area contributed by atoms with E-state index < -0.39 is 5.91 Å². The van der Waals surface area contributed by atoms with Crippen LogP contribution < -0.4 is 11.1 Å². The second kappa shape index (κ2) is 6.18. The van der Waals surface area contributed by atoms with E-state index in [4.69, 9.17) is 26.3 Å². The Morgan fingerprint density at radius 2 is 2.09 bits per heavy atom. The molecule has 1 aromatic carbocycles. The number of nitrogens with two attached hydrogens (primary N) is 1. The number of hydrogen-bond donors (Lipinski definition) is 2. The minimum atomic E-state index is -0.410. The predicted molar refractivity (Wildman–Crippen MR) is 86.0 cm³/mol. The summed E-state index contributed by atoms with van der Waals surface area (Å²) in [6.07, 6.45) is 0. The quantitative estimate of drug-likeness (QED) is 0.764. The number of carbonyl (C=O) groups is 1. The Morgan fingerprint density at radius 1 is 1.30 bits per heavy atom. The Kier molecular flexibility index (Phi) is 4.08. The highest BCUT2D eigenvalue weighted by Crippen LogP contribution is 2.28. The second-order valence-electron chi connectivity index (χ2n) is 4.95. The van der Waals surface area contributed by atoms with E-state index in [-0.39, 0.29) is 23.7 Å². The van der Waals surface area contributed by atoms with Crippen molar-refractivity contribution in [1.82, 2.24) is 10.5 Å². The van der Waals surface area contributed by atoms with Crippen LogP contribution in [0.2, 0.25) is 5.02 Å². The first-order chi connectivity index (χ1) is 11.1. The Labute approximate surface area is 137 Å². The van der Waals surface area contributed by atoms with Crippen molar-refractivity contribution in [3.05, 3.63) is 58.3 Å². The first-order valence-corrected chi connectivity index (χ1v) is 7.27. The highest BCUT2D eigenvalue weighted by Gasteiger charge is 2.24. The molecule has 0 saturated carbocycles. The van der Waals surface area contributed by atoms with Crippen LogP contribution in [-0.4, -0.2) is 11.1 Å². The van der Waals surface area contributed by atoms with Gasteiger partial charge >= 0.3 is 0 Å². The SMILES string of the molecule is Cc1ccc(-c2noc(N)c2C(=O)NCc2ccccc2Cl)o1. The molecule has 0 fully saturated rings. The fraction of sp³-hybridized carbons (Fsp3) is 0.125. The van der Waals surface area contributed by atoms with Crippen LogP contribution >= 0.6 is 11.6 Å². The Bertz CT molecular complexity index is 854. The minimum Gasteiger partial charge on any atom is -0.460 e. The van der Waals surface area contributed by atoms with Gasteiger partial charge in [-0.1, -0.05) is 35.0 Å². The van der Waals surface area contributed by atoms with Crippen LogP contribution in [0, 0.1) is 6.92 Å². The second-order valence-corrected chi connectivity index (χ2v) is 5.36. The van der Waals surface area contributed by atoms with Crippen molar-refractivity contribution in [3.8, 4) is 11.5 Å². The number of halogens is 1. The van der Waals surface area contributed by atoms with Crippen LogP contribution in [0.25, 0.3) is 11.5 Å². The molecule has 2 heterocycles. The summed E-state index contributed by atoms with van der Waals surface area (Å²) in [6.45, 7) is 2.06. The van der Waals surface area contributed by atoms with Crippen molar-refractivity contribution in [3.63, 3.8) is 0 Å². The largest absolute Gasteiger partial charge is 0.460 e. The maximum Gasteiger partial charge on any atom is 0.259 e. The summed E-state index contributed by atoms with van der Waals surface area (Å²) in [5.41, 5.74) is 6.94. The number of nitrogens with zero attached hydrogens (tertiary/aromatic N) is 1. The number of nitrogens with one attached hydrogen (secondary N) is 1. The van der Waals surface area contributed by atoms with E-state index in [9.17, 15) is 4.79 Å². The first kappa shape index (κ1) is 15.2. The average Bonchev–Trinajstić information content (AvgIpc) is 3.12. The molecule has 0 aliphatic carbocycles. The summed E-state index contributed by atoms with van der Waals surface area (Å²) < 4.78 is 10.4. The van der Waals surface area contributed by atoms with Gasteiger partial charge in [0.05, 0.1) is 0 Å². The zero-order valence-corrected chi connectivity index (χ0v) is 13.1. The Morgan fingerprint density at radius 3 is 2.78 bits per heavy atom. The van der Waals surface area contributed by atoms with Gasteiger partial charge < -0.3 is 20.0 Å². The van der Waals surface area contributed by atoms with E-state index in [0.717, 1.165) is 5.56 Å². The van der Waals surface area contributed by atoms with E-state index in [1.54, 1.807) is 25.1 Å². The number of benzene rings is 1. The lowest BCUT2D eigenvalue weighted by molar-refractivity contribution is 0.0952. The zero-order chi connectivity index (χ0) is 16.4. The van der Waals surface area contributed by atoms with Gasteiger partial charge in [0.25, 0.3) is 5.91 Å². The van der Waals surface area contributed by atoms with Gasteiger partial charge in [-0.3, -0.25) is 4.79 Å². The summed E-state index contributed by atoms with van der Waals surface area (Å²) in [6, 6.07) is 10.7. The third-order valence-electron chi connectivity index (χ3n) is 3.32. The molecule has 118 valence electrons. The normalized spacial score (nSPS) is 10.7. The average molecular weight is 332 g/mol. The van der Waals surface area contributed by atoms with Crippen LogP contribution in [-0.2, 0) is 6.54 Å². The molecule has 0 bridgehead atoms. The summed E-state index contributed by atoms with van der Waals surface area (Å²) in [5, 5.41) is 7.14. The maximum absolute atomic E-state index is 12.4. The number of amides is 1. The lowest BCUT2D eigenvalue weighted by atomic mass is 10.1. The minimum absolute atomic E-state index is 0.0642. The van der Waals surface area contributed by atoms with Crippen LogP contribution in [0.1, 0.15) is 21.7 Å². The smallest absolute Gasteiger partial charge is 0.259 e. The molecule has 6 nitrogen and oxygen atoms in total. The highest BCUT2D eigenvalue weighted by molar-refractivity contribution is 6.31. The van der Waals surface area contributed by atoms with Gasteiger partial charge in [0.1, 0.15) is 11.3 Å². The topological polar surface area (TPSA) is 94.3 Å². The number of hydrogen-bond acceptors (Lipinski definition) is 5. The van der Waals surface area contributed by atoms with Crippen LogP contribution in [0.15, 0.2) is 45.3 Å². The number of anilines is 1. The third kappa shape index (κ3) is 3.07. The van der Waals surface area contributed by atoms with Gasteiger partial charge in [-0.25, -0.2) is 0 Å². The number of furan rings is 1. The van der Waals surface area contributed by atoms with Gasteiger partial charge in [-0.2, -0.15) is 0 Å². The van der Waals surface area contributed by atoms with E-state index >= 15 is 0 Å². The summed E-state index contributed by atoms with van der Waals surface area (Å²) in [5.74, 6) is 0.647. The number of aromatic nitrogens is 1. The van der Waals surface area contributed by atoms with Gasteiger partial charge in [-0.05, 0) is 30.7 Å². The standard InChI is InChI=1S/C16H14ClN3O3/c1-9-6-7-12(22-9)14-13(15(18)23-20-14)16(21)19-8-10-4-2-3-5-11(10)17/h2-7H,8,18H2,1H3,(H,19,21). The van der Waals surface area contributed by atoms with Crippen molar-refractivity contribution < 1.29 is 13.7 Å². The molecule has 0 spiro atoms. The highest BCUT2D eigenvalue weighted by atomic mass is 35.5. The number of nitrogen functional groups attached to an aromatic ring is 1. The summed E-state index contributed by atoms with van der Waals surface area (Å²) >= 11 is 6.07. The molecule has 3 aromatic rings. The molecule has 1 amide bonds. The first-order valence-electron chi connectivity index (χ1n) is 6.90. The molecular weight excluding hydrogens is 318 g/mol. The molecule has 7 heteroatoms. The van der Waals surface area contributed by atoms with E-state index in [1.165, 1.54) is 0 Å². The van der Waals surface area contributed by atoms with E-state index in [0.29, 0.717) is 16.5 Å². The molecule has 0 aliphatic rings. The molecule has 23 heavy (non-hydrogen) atoms. The molecule has 0 atom stereocenters. The van der Waals surface area contributed by atoms with E-state index in [2.05, 4.69) is 10.5 Å². The Balaban J connectivity index is 1.83.